The van der Waals surface area contributed by atoms with Gasteiger partial charge >= 0.3 is 0 Å². The molecular weight excluding hydrogens is 228 g/mol. The van der Waals surface area contributed by atoms with Gasteiger partial charge in [-0.3, -0.25) is 4.79 Å². The molecule has 4 nitrogen and oxygen atoms in total. The first-order valence-corrected chi connectivity index (χ1v) is 6.40. The van der Waals surface area contributed by atoms with E-state index >= 15 is 0 Å². The molecule has 0 saturated carbocycles. The fourth-order valence-electron chi connectivity index (χ4n) is 2.53. The summed E-state index contributed by atoms with van der Waals surface area (Å²) < 4.78 is 5.20. The summed E-state index contributed by atoms with van der Waals surface area (Å²) in [5.74, 6) is 1.68. The molecule has 1 fully saturated rings. The third-order valence-electron chi connectivity index (χ3n) is 3.52. The minimum absolute atomic E-state index is 0.644. The fourth-order valence-corrected chi connectivity index (χ4v) is 2.53. The number of aryl methyl sites for hydroxylation is 1. The first kappa shape index (κ1) is 13.0. The Morgan fingerprint density at radius 2 is 2.22 bits per heavy atom. The molecule has 0 radical (unpaired) electrons. The van der Waals surface area contributed by atoms with Gasteiger partial charge in [0.2, 0.25) is 0 Å². The summed E-state index contributed by atoms with van der Waals surface area (Å²) in [6.45, 7) is 4.89. The minimum atomic E-state index is 0.644. The number of pyridine rings is 1. The van der Waals surface area contributed by atoms with E-state index in [2.05, 4.69) is 9.88 Å². The number of carbonyl (C=O) groups excluding carboxylic acids is 1. The molecule has 0 bridgehead atoms. The predicted octanol–water partition coefficient (Wildman–Crippen LogP) is 2.07. The fraction of sp³-hybridized carbons (Fsp3) is 0.571. The van der Waals surface area contributed by atoms with Gasteiger partial charge in [0.25, 0.3) is 0 Å². The number of hydrogen-bond donors (Lipinski definition) is 0. The molecule has 1 aromatic rings. The molecule has 98 valence electrons. The number of aromatic nitrogens is 1. The molecule has 2 heterocycles. The van der Waals surface area contributed by atoms with Gasteiger partial charge in [-0.15, -0.1) is 0 Å². The Kier molecular flexibility index (Phi) is 4.31. The Balaban J connectivity index is 2.03. The second-order valence-electron chi connectivity index (χ2n) is 4.91. The molecule has 0 spiro atoms. The maximum Gasteiger partial charge on any atom is 0.151 e. The molecule has 0 aliphatic carbocycles. The van der Waals surface area contributed by atoms with Crippen molar-refractivity contribution in [1.82, 2.24) is 4.98 Å². The van der Waals surface area contributed by atoms with Gasteiger partial charge in [-0.05, 0) is 37.3 Å². The van der Waals surface area contributed by atoms with Crippen molar-refractivity contribution in [3.05, 3.63) is 23.4 Å². The maximum absolute atomic E-state index is 10.7. The van der Waals surface area contributed by atoms with Crippen molar-refractivity contribution in [3.8, 4) is 0 Å². The summed E-state index contributed by atoms with van der Waals surface area (Å²) in [5, 5.41) is 0. The number of aldehydes is 1. The van der Waals surface area contributed by atoms with E-state index in [0.717, 1.165) is 50.2 Å². The van der Waals surface area contributed by atoms with Crippen LogP contribution in [0.25, 0.3) is 0 Å². The van der Waals surface area contributed by atoms with Crippen LogP contribution in [0.1, 0.15) is 28.8 Å². The van der Waals surface area contributed by atoms with E-state index in [1.807, 2.05) is 13.0 Å². The van der Waals surface area contributed by atoms with Crippen LogP contribution >= 0.6 is 0 Å². The van der Waals surface area contributed by atoms with Crippen molar-refractivity contribution < 1.29 is 9.53 Å². The lowest BCUT2D eigenvalue weighted by molar-refractivity contribution is 0.112. The van der Waals surface area contributed by atoms with E-state index < -0.39 is 0 Å². The van der Waals surface area contributed by atoms with Gasteiger partial charge in [-0.1, -0.05) is 0 Å². The van der Waals surface area contributed by atoms with Crippen LogP contribution in [-0.4, -0.2) is 38.1 Å². The van der Waals surface area contributed by atoms with Crippen molar-refractivity contribution in [2.45, 2.75) is 19.8 Å². The zero-order valence-electron chi connectivity index (χ0n) is 11.1. The van der Waals surface area contributed by atoms with Crippen LogP contribution in [-0.2, 0) is 4.74 Å². The smallest absolute Gasteiger partial charge is 0.151 e. The number of carbonyl (C=O) groups is 1. The van der Waals surface area contributed by atoms with Crippen LogP contribution in [0.4, 0.5) is 5.82 Å². The Labute approximate surface area is 108 Å². The molecule has 4 heteroatoms. The van der Waals surface area contributed by atoms with Crippen molar-refractivity contribution in [2.75, 3.05) is 31.7 Å². The molecule has 18 heavy (non-hydrogen) atoms. The Morgan fingerprint density at radius 1 is 1.50 bits per heavy atom. The van der Waals surface area contributed by atoms with Crippen molar-refractivity contribution in [2.24, 2.45) is 5.92 Å². The highest BCUT2D eigenvalue weighted by atomic mass is 16.5. The molecule has 0 N–H and O–H groups in total. The highest BCUT2D eigenvalue weighted by Gasteiger charge is 2.21. The third-order valence-corrected chi connectivity index (χ3v) is 3.52. The standard InChI is InChI=1S/C14H20N2O2/c1-11-7-13(9-17)8-15-14(11)16-5-3-12(4-6-16)10-18-2/h7-9,12H,3-6,10H2,1-2H3. The molecule has 0 atom stereocenters. The number of rotatable bonds is 4. The number of methoxy groups -OCH3 is 1. The molecule has 1 aliphatic rings. The van der Waals surface area contributed by atoms with Gasteiger partial charge in [-0.25, -0.2) is 4.98 Å². The van der Waals surface area contributed by atoms with Crippen LogP contribution < -0.4 is 4.90 Å². The summed E-state index contributed by atoms with van der Waals surface area (Å²) in [4.78, 5) is 17.4. The largest absolute Gasteiger partial charge is 0.384 e. The second-order valence-corrected chi connectivity index (χ2v) is 4.91. The SMILES string of the molecule is COCC1CCN(c2ncc(C=O)cc2C)CC1. The molecule has 0 unspecified atom stereocenters. The summed E-state index contributed by atoms with van der Waals surface area (Å²) in [6, 6.07) is 1.90. The van der Waals surface area contributed by atoms with E-state index in [9.17, 15) is 4.79 Å². The van der Waals surface area contributed by atoms with E-state index in [1.54, 1.807) is 13.3 Å². The summed E-state index contributed by atoms with van der Waals surface area (Å²) in [5.41, 5.74) is 1.72. The quantitative estimate of drug-likeness (QED) is 0.765. The lowest BCUT2D eigenvalue weighted by Gasteiger charge is -2.33. The molecule has 1 saturated heterocycles. The Hall–Kier alpha value is -1.42. The van der Waals surface area contributed by atoms with Crippen molar-refractivity contribution in [1.29, 1.82) is 0 Å². The Bertz CT molecular complexity index is 412. The second kappa shape index (κ2) is 5.96. The van der Waals surface area contributed by atoms with Crippen LogP contribution in [0.5, 0.6) is 0 Å². The van der Waals surface area contributed by atoms with Crippen LogP contribution in [0, 0.1) is 12.8 Å². The van der Waals surface area contributed by atoms with Gasteiger partial charge < -0.3 is 9.64 Å². The number of nitrogens with zero attached hydrogens (tertiary/aromatic N) is 2. The average molecular weight is 248 g/mol. The zero-order valence-corrected chi connectivity index (χ0v) is 11.1. The van der Waals surface area contributed by atoms with Gasteiger partial charge in [0.1, 0.15) is 5.82 Å². The Morgan fingerprint density at radius 3 is 2.78 bits per heavy atom. The molecular formula is C14H20N2O2. The first-order valence-electron chi connectivity index (χ1n) is 6.40. The highest BCUT2D eigenvalue weighted by molar-refractivity contribution is 5.75. The zero-order chi connectivity index (χ0) is 13.0. The lowest BCUT2D eigenvalue weighted by atomic mass is 9.97. The minimum Gasteiger partial charge on any atom is -0.384 e. The van der Waals surface area contributed by atoms with Crippen molar-refractivity contribution >= 4 is 12.1 Å². The number of piperidine rings is 1. The van der Waals surface area contributed by atoms with Crippen LogP contribution in [0.2, 0.25) is 0 Å². The summed E-state index contributed by atoms with van der Waals surface area (Å²) in [7, 11) is 1.76. The normalized spacial score (nSPS) is 16.9. The summed E-state index contributed by atoms with van der Waals surface area (Å²) >= 11 is 0. The van der Waals surface area contributed by atoms with Crippen molar-refractivity contribution in [3.63, 3.8) is 0 Å². The van der Waals surface area contributed by atoms with Gasteiger partial charge in [0, 0.05) is 38.6 Å². The van der Waals surface area contributed by atoms with Crippen LogP contribution in [0.3, 0.4) is 0 Å². The van der Waals surface area contributed by atoms with Gasteiger partial charge in [-0.2, -0.15) is 0 Å². The van der Waals surface area contributed by atoms with Gasteiger partial charge in [0.15, 0.2) is 6.29 Å². The monoisotopic (exact) mass is 248 g/mol. The lowest BCUT2D eigenvalue weighted by Crippen LogP contribution is -2.36. The third kappa shape index (κ3) is 2.88. The van der Waals surface area contributed by atoms with E-state index in [0.29, 0.717) is 11.5 Å². The average Bonchev–Trinajstić information content (AvgIpc) is 2.40. The maximum atomic E-state index is 10.7. The number of hydrogen-bond acceptors (Lipinski definition) is 4. The molecule has 2 rings (SSSR count). The highest BCUT2D eigenvalue weighted by Crippen LogP contribution is 2.24. The molecule has 1 aromatic heterocycles. The van der Waals surface area contributed by atoms with Crippen LogP contribution in [0.15, 0.2) is 12.3 Å². The van der Waals surface area contributed by atoms with E-state index in [4.69, 9.17) is 4.74 Å². The topological polar surface area (TPSA) is 42.4 Å². The van der Waals surface area contributed by atoms with E-state index in [1.165, 1.54) is 0 Å². The predicted molar refractivity (Wildman–Crippen MR) is 71.2 cm³/mol. The summed E-state index contributed by atoms with van der Waals surface area (Å²) in [6.07, 6.45) is 4.78. The molecule has 1 aliphatic heterocycles. The molecule has 0 amide bonds. The van der Waals surface area contributed by atoms with E-state index in [-0.39, 0.29) is 0 Å². The first-order chi connectivity index (χ1) is 8.74. The molecule has 0 aromatic carbocycles. The number of anilines is 1. The number of ether oxygens (including phenoxy) is 1. The van der Waals surface area contributed by atoms with Gasteiger partial charge in [0.05, 0.1) is 0 Å².